The second kappa shape index (κ2) is 6.59. The minimum atomic E-state index is -0.107. The number of aryl methyl sites for hydroxylation is 2. The molecule has 1 rings (SSSR count). The molecule has 2 N–H and O–H groups in total. The number of hydrogen-bond donors (Lipinski definition) is 2. The molecule has 0 saturated carbocycles. The van der Waals surface area contributed by atoms with E-state index in [0.29, 0.717) is 6.54 Å². The molecule has 0 bridgehead atoms. The molecule has 0 atom stereocenters. The Hall–Kier alpha value is -1.10. The maximum absolute atomic E-state index is 11.3. The van der Waals surface area contributed by atoms with Gasteiger partial charge in [-0.3, -0.25) is 0 Å². The van der Waals surface area contributed by atoms with E-state index in [1.165, 1.54) is 10.6 Å². The fraction of sp³-hybridized carbons (Fsp3) is 0.667. The molecule has 0 aliphatic heterocycles. The third kappa shape index (κ3) is 4.73. The average molecular weight is 255 g/mol. The predicted molar refractivity (Wildman–Crippen MR) is 71.6 cm³/mol. The Morgan fingerprint density at radius 3 is 2.71 bits per heavy atom. The van der Waals surface area contributed by atoms with Crippen molar-refractivity contribution in [1.29, 1.82) is 0 Å². The second-order valence-corrected chi connectivity index (χ2v) is 5.56. The fourth-order valence-corrected chi connectivity index (χ4v) is 2.54. The zero-order valence-corrected chi connectivity index (χ0v) is 11.8. The summed E-state index contributed by atoms with van der Waals surface area (Å²) in [6.45, 7) is 8.72. The minimum Gasteiger partial charge on any atom is -0.338 e. The van der Waals surface area contributed by atoms with Crippen molar-refractivity contribution in [2.45, 2.75) is 46.6 Å². The summed E-state index contributed by atoms with van der Waals surface area (Å²) in [5.74, 6) is 0. The number of carbonyl (C=O) groups is 1. The van der Waals surface area contributed by atoms with Gasteiger partial charge in [-0.2, -0.15) is 0 Å². The van der Waals surface area contributed by atoms with Crippen molar-refractivity contribution in [3.8, 4) is 0 Å². The van der Waals surface area contributed by atoms with Gasteiger partial charge in [0.2, 0.25) is 0 Å². The van der Waals surface area contributed by atoms with Gasteiger partial charge in [-0.1, -0.05) is 6.92 Å². The average Bonchev–Trinajstić information content (AvgIpc) is 2.57. The summed E-state index contributed by atoms with van der Waals surface area (Å²) in [4.78, 5) is 17.2. The molecular weight excluding hydrogens is 234 g/mol. The molecule has 1 aromatic rings. The number of urea groups is 1. The zero-order valence-electron chi connectivity index (χ0n) is 11.0. The van der Waals surface area contributed by atoms with Crippen molar-refractivity contribution < 1.29 is 4.79 Å². The smallest absolute Gasteiger partial charge is 0.314 e. The summed E-state index contributed by atoms with van der Waals surface area (Å²) in [5, 5.41) is 6.72. The van der Waals surface area contributed by atoms with Crippen molar-refractivity contribution in [3.05, 3.63) is 15.6 Å². The number of nitrogens with zero attached hydrogens (tertiary/aromatic N) is 1. The summed E-state index contributed by atoms with van der Waals surface area (Å²) in [6, 6.07) is 0.0628. The van der Waals surface area contributed by atoms with E-state index in [4.69, 9.17) is 0 Å². The largest absolute Gasteiger partial charge is 0.338 e. The van der Waals surface area contributed by atoms with Crippen molar-refractivity contribution in [2.75, 3.05) is 6.54 Å². The summed E-state index contributed by atoms with van der Waals surface area (Å²) in [7, 11) is 0. The van der Waals surface area contributed by atoms with Crippen molar-refractivity contribution in [2.24, 2.45) is 0 Å². The highest BCUT2D eigenvalue weighted by Crippen LogP contribution is 2.17. The van der Waals surface area contributed by atoms with Gasteiger partial charge in [-0.05, 0) is 27.2 Å². The number of nitrogens with one attached hydrogen (secondary N) is 2. The van der Waals surface area contributed by atoms with Gasteiger partial charge in [0.15, 0.2) is 0 Å². The molecule has 0 unspecified atom stereocenters. The van der Waals surface area contributed by atoms with Crippen LogP contribution in [-0.4, -0.2) is 23.6 Å². The SMILES string of the molecule is CCc1nc(CCNC(=O)NC(C)C)sc1C. The molecule has 0 aromatic carbocycles. The second-order valence-electron chi connectivity index (χ2n) is 4.27. The summed E-state index contributed by atoms with van der Waals surface area (Å²) in [5.41, 5.74) is 1.18. The van der Waals surface area contributed by atoms with Gasteiger partial charge in [0.25, 0.3) is 0 Å². The van der Waals surface area contributed by atoms with Crippen LogP contribution in [0.4, 0.5) is 4.79 Å². The van der Waals surface area contributed by atoms with Crippen molar-refractivity contribution in [3.63, 3.8) is 0 Å². The van der Waals surface area contributed by atoms with Crippen LogP contribution in [0.5, 0.6) is 0 Å². The lowest BCUT2D eigenvalue weighted by Gasteiger charge is -2.09. The number of amides is 2. The highest BCUT2D eigenvalue weighted by molar-refractivity contribution is 7.11. The lowest BCUT2D eigenvalue weighted by molar-refractivity contribution is 0.238. The fourth-order valence-electron chi connectivity index (χ4n) is 1.52. The van der Waals surface area contributed by atoms with Gasteiger partial charge in [-0.25, -0.2) is 9.78 Å². The van der Waals surface area contributed by atoms with Crippen LogP contribution in [0.15, 0.2) is 0 Å². The van der Waals surface area contributed by atoms with Crippen LogP contribution in [0.3, 0.4) is 0 Å². The van der Waals surface area contributed by atoms with Crippen LogP contribution in [0.1, 0.15) is 36.3 Å². The molecular formula is C12H21N3OS. The van der Waals surface area contributed by atoms with Crippen LogP contribution in [-0.2, 0) is 12.8 Å². The van der Waals surface area contributed by atoms with E-state index in [1.807, 2.05) is 13.8 Å². The molecule has 0 saturated heterocycles. The van der Waals surface area contributed by atoms with E-state index in [9.17, 15) is 4.79 Å². The molecule has 0 radical (unpaired) electrons. The monoisotopic (exact) mass is 255 g/mol. The molecule has 1 aromatic heterocycles. The van der Waals surface area contributed by atoms with Crippen molar-refractivity contribution >= 4 is 17.4 Å². The molecule has 0 fully saturated rings. The molecule has 0 aliphatic carbocycles. The first-order valence-electron chi connectivity index (χ1n) is 6.02. The Morgan fingerprint density at radius 1 is 1.47 bits per heavy atom. The predicted octanol–water partition coefficient (Wildman–Crippen LogP) is 2.26. The molecule has 4 nitrogen and oxygen atoms in total. The number of carbonyl (C=O) groups excluding carboxylic acids is 1. The first kappa shape index (κ1) is 14.0. The molecule has 1 heterocycles. The van der Waals surface area contributed by atoms with Gasteiger partial charge in [0.1, 0.15) is 0 Å². The molecule has 17 heavy (non-hydrogen) atoms. The number of thiazole rings is 1. The normalized spacial score (nSPS) is 10.6. The third-order valence-corrected chi connectivity index (χ3v) is 3.39. The van der Waals surface area contributed by atoms with Gasteiger partial charge in [-0.15, -0.1) is 11.3 Å². The van der Waals surface area contributed by atoms with E-state index in [-0.39, 0.29) is 12.1 Å². The molecule has 96 valence electrons. The van der Waals surface area contributed by atoms with Crippen LogP contribution < -0.4 is 10.6 Å². The van der Waals surface area contributed by atoms with Gasteiger partial charge in [0, 0.05) is 23.9 Å². The van der Waals surface area contributed by atoms with Crippen LogP contribution in [0.2, 0.25) is 0 Å². The number of aromatic nitrogens is 1. The molecule has 5 heteroatoms. The molecule has 0 aliphatic rings. The van der Waals surface area contributed by atoms with Gasteiger partial charge in [0.05, 0.1) is 10.7 Å². The Balaban J connectivity index is 2.33. The summed E-state index contributed by atoms with van der Waals surface area (Å²) < 4.78 is 0. The Labute approximate surface area is 107 Å². The van der Waals surface area contributed by atoms with E-state index in [2.05, 4.69) is 29.5 Å². The van der Waals surface area contributed by atoms with Gasteiger partial charge < -0.3 is 10.6 Å². The highest BCUT2D eigenvalue weighted by atomic mass is 32.1. The summed E-state index contributed by atoms with van der Waals surface area (Å²) >= 11 is 1.72. The molecule has 2 amide bonds. The van der Waals surface area contributed by atoms with Crippen LogP contribution in [0, 0.1) is 6.92 Å². The highest BCUT2D eigenvalue weighted by Gasteiger charge is 2.06. The van der Waals surface area contributed by atoms with Crippen LogP contribution in [0.25, 0.3) is 0 Å². The van der Waals surface area contributed by atoms with Gasteiger partial charge >= 0.3 is 6.03 Å². The first-order chi connectivity index (χ1) is 8.02. The maximum atomic E-state index is 11.3. The topological polar surface area (TPSA) is 54.0 Å². The van der Waals surface area contributed by atoms with Crippen LogP contribution >= 0.6 is 11.3 Å². The zero-order chi connectivity index (χ0) is 12.8. The first-order valence-corrected chi connectivity index (χ1v) is 6.84. The van der Waals surface area contributed by atoms with E-state index < -0.39 is 0 Å². The lowest BCUT2D eigenvalue weighted by atomic mass is 10.3. The maximum Gasteiger partial charge on any atom is 0.314 e. The Bertz CT molecular complexity index is 374. The van der Waals surface area contributed by atoms with E-state index in [1.54, 1.807) is 11.3 Å². The quantitative estimate of drug-likeness (QED) is 0.848. The summed E-state index contributed by atoms with van der Waals surface area (Å²) in [6.07, 6.45) is 1.78. The number of rotatable bonds is 5. The minimum absolute atomic E-state index is 0.107. The third-order valence-electron chi connectivity index (χ3n) is 2.32. The Morgan fingerprint density at radius 2 is 2.18 bits per heavy atom. The Kier molecular flexibility index (Phi) is 5.41. The van der Waals surface area contributed by atoms with Crippen molar-refractivity contribution in [1.82, 2.24) is 15.6 Å². The van der Waals surface area contributed by atoms with E-state index in [0.717, 1.165) is 17.8 Å². The molecule has 0 spiro atoms. The number of hydrogen-bond acceptors (Lipinski definition) is 3. The lowest BCUT2D eigenvalue weighted by Crippen LogP contribution is -2.40. The van der Waals surface area contributed by atoms with E-state index >= 15 is 0 Å². The standard InChI is InChI=1S/C12H21N3OS/c1-5-10-9(4)17-11(15-10)6-7-13-12(16)14-8(2)3/h8H,5-7H2,1-4H3,(H2,13,14,16).